The van der Waals surface area contributed by atoms with Crippen molar-refractivity contribution in [2.24, 2.45) is 0 Å². The van der Waals surface area contributed by atoms with Gasteiger partial charge in [-0.2, -0.15) is 0 Å². The third-order valence-electron chi connectivity index (χ3n) is 2.83. The molecule has 1 N–H and O–H groups in total. The Morgan fingerprint density at radius 2 is 2.00 bits per heavy atom. The van der Waals surface area contributed by atoms with E-state index in [0.717, 1.165) is 12.1 Å². The molecule has 0 saturated carbocycles. The van der Waals surface area contributed by atoms with Crippen LogP contribution in [0, 0.1) is 18.6 Å². The molecule has 0 aliphatic rings. The first-order valence-corrected chi connectivity index (χ1v) is 6.53. The number of benzene rings is 1. The predicted octanol–water partition coefficient (Wildman–Crippen LogP) is 2.86. The molecule has 116 valence electrons. The number of carbonyl (C=O) groups excluding carboxylic acids is 1. The number of hydrogen-bond acceptors (Lipinski definition) is 4. The van der Waals surface area contributed by atoms with Crippen LogP contribution in [0.3, 0.4) is 0 Å². The molecular weight excluding hydrogens is 292 g/mol. The summed E-state index contributed by atoms with van der Waals surface area (Å²) >= 11 is 0. The predicted molar refractivity (Wildman–Crippen MR) is 76.5 cm³/mol. The minimum Gasteiger partial charge on any atom is -0.475 e. The summed E-state index contributed by atoms with van der Waals surface area (Å²) in [4.78, 5) is 20.2. The van der Waals surface area contributed by atoms with Crippen LogP contribution in [0.1, 0.15) is 19.5 Å². The van der Waals surface area contributed by atoms with Gasteiger partial charge in [0.1, 0.15) is 5.82 Å². The van der Waals surface area contributed by atoms with Gasteiger partial charge in [-0.05, 0) is 39.0 Å². The van der Waals surface area contributed by atoms with Crippen LogP contribution >= 0.6 is 0 Å². The first kappa shape index (κ1) is 15.8. The number of anilines is 1. The van der Waals surface area contributed by atoms with Crippen molar-refractivity contribution < 1.29 is 18.3 Å². The van der Waals surface area contributed by atoms with E-state index in [9.17, 15) is 13.6 Å². The molecule has 0 aliphatic carbocycles. The van der Waals surface area contributed by atoms with Gasteiger partial charge in [0, 0.05) is 18.0 Å². The van der Waals surface area contributed by atoms with Gasteiger partial charge >= 0.3 is 0 Å². The average Bonchev–Trinajstić information content (AvgIpc) is 2.42. The fourth-order valence-corrected chi connectivity index (χ4v) is 1.64. The van der Waals surface area contributed by atoms with E-state index in [2.05, 4.69) is 15.3 Å². The summed E-state index contributed by atoms with van der Waals surface area (Å²) in [5.41, 5.74) is -0.709. The standard InChI is InChI=1S/C15H15F2N3O2/c1-9-6-7-18-14(19-9)20-13(21)15(2,3)22-12-5-4-10(16)8-11(12)17/h4-8H,1-3H3,(H,18,19,20,21). The van der Waals surface area contributed by atoms with Crippen molar-refractivity contribution in [3.8, 4) is 5.75 Å². The van der Waals surface area contributed by atoms with E-state index >= 15 is 0 Å². The number of ether oxygens (including phenoxy) is 1. The third kappa shape index (κ3) is 3.75. The van der Waals surface area contributed by atoms with Gasteiger partial charge in [-0.1, -0.05) is 0 Å². The van der Waals surface area contributed by atoms with Gasteiger partial charge < -0.3 is 4.74 Å². The Bertz CT molecular complexity index is 705. The lowest BCUT2D eigenvalue weighted by molar-refractivity contribution is -0.128. The Labute approximate surface area is 126 Å². The van der Waals surface area contributed by atoms with Crippen molar-refractivity contribution >= 4 is 11.9 Å². The van der Waals surface area contributed by atoms with E-state index in [1.54, 1.807) is 13.0 Å². The first-order valence-electron chi connectivity index (χ1n) is 6.53. The molecule has 2 rings (SSSR count). The highest BCUT2D eigenvalue weighted by molar-refractivity contribution is 5.95. The number of rotatable bonds is 4. The summed E-state index contributed by atoms with van der Waals surface area (Å²) in [7, 11) is 0. The molecular formula is C15H15F2N3O2. The van der Waals surface area contributed by atoms with Crippen molar-refractivity contribution in [1.82, 2.24) is 9.97 Å². The van der Waals surface area contributed by atoms with Gasteiger partial charge in [-0.15, -0.1) is 0 Å². The van der Waals surface area contributed by atoms with E-state index in [4.69, 9.17) is 4.74 Å². The van der Waals surface area contributed by atoms with Crippen LogP contribution in [0.2, 0.25) is 0 Å². The Morgan fingerprint density at radius 3 is 2.64 bits per heavy atom. The van der Waals surface area contributed by atoms with Gasteiger partial charge in [0.15, 0.2) is 17.2 Å². The zero-order valence-corrected chi connectivity index (χ0v) is 12.4. The quantitative estimate of drug-likeness (QED) is 0.943. The average molecular weight is 307 g/mol. The van der Waals surface area contributed by atoms with Gasteiger partial charge in [-0.3, -0.25) is 10.1 Å². The molecule has 0 radical (unpaired) electrons. The normalized spacial score (nSPS) is 11.1. The SMILES string of the molecule is Cc1ccnc(NC(=O)C(C)(C)Oc2ccc(F)cc2F)n1. The second-order valence-corrected chi connectivity index (χ2v) is 5.16. The highest BCUT2D eigenvalue weighted by atomic mass is 19.1. The molecule has 2 aromatic rings. The molecule has 0 saturated heterocycles. The van der Waals surface area contributed by atoms with Crippen LogP contribution in [0.25, 0.3) is 0 Å². The van der Waals surface area contributed by atoms with E-state index in [1.165, 1.54) is 20.0 Å². The maximum atomic E-state index is 13.6. The van der Waals surface area contributed by atoms with Crippen LogP contribution in [0.4, 0.5) is 14.7 Å². The molecule has 1 heterocycles. The van der Waals surface area contributed by atoms with Crippen molar-refractivity contribution in [1.29, 1.82) is 0 Å². The molecule has 7 heteroatoms. The highest BCUT2D eigenvalue weighted by Crippen LogP contribution is 2.23. The maximum Gasteiger partial charge on any atom is 0.270 e. The number of aryl methyl sites for hydroxylation is 1. The Kier molecular flexibility index (Phi) is 4.35. The van der Waals surface area contributed by atoms with Crippen molar-refractivity contribution in [2.75, 3.05) is 5.32 Å². The van der Waals surface area contributed by atoms with E-state index < -0.39 is 23.1 Å². The van der Waals surface area contributed by atoms with E-state index in [1.807, 2.05) is 0 Å². The number of nitrogens with zero attached hydrogens (tertiary/aromatic N) is 2. The maximum absolute atomic E-state index is 13.6. The fraction of sp³-hybridized carbons (Fsp3) is 0.267. The zero-order chi connectivity index (χ0) is 16.3. The number of aromatic nitrogens is 2. The topological polar surface area (TPSA) is 64.1 Å². The number of nitrogens with one attached hydrogen (secondary N) is 1. The minimum atomic E-state index is -1.40. The van der Waals surface area contributed by atoms with Gasteiger partial charge in [0.25, 0.3) is 5.91 Å². The van der Waals surface area contributed by atoms with Crippen molar-refractivity contribution in [3.63, 3.8) is 0 Å². The van der Waals surface area contributed by atoms with Crippen LogP contribution in [0.15, 0.2) is 30.5 Å². The summed E-state index contributed by atoms with van der Waals surface area (Å²) in [5.74, 6) is -2.25. The number of hydrogen-bond donors (Lipinski definition) is 1. The molecule has 0 unspecified atom stereocenters. The van der Waals surface area contributed by atoms with Crippen LogP contribution in [-0.2, 0) is 4.79 Å². The van der Waals surface area contributed by atoms with Crippen molar-refractivity contribution in [3.05, 3.63) is 47.8 Å². The lowest BCUT2D eigenvalue weighted by Crippen LogP contribution is -2.43. The van der Waals surface area contributed by atoms with Gasteiger partial charge in [-0.25, -0.2) is 18.7 Å². The minimum absolute atomic E-state index is 0.126. The van der Waals surface area contributed by atoms with Gasteiger partial charge in [0.05, 0.1) is 0 Å². The molecule has 0 spiro atoms. The molecule has 0 bridgehead atoms. The molecule has 0 fully saturated rings. The zero-order valence-electron chi connectivity index (χ0n) is 12.4. The van der Waals surface area contributed by atoms with E-state index in [0.29, 0.717) is 11.8 Å². The summed E-state index contributed by atoms with van der Waals surface area (Å²) in [6.45, 7) is 4.68. The second-order valence-electron chi connectivity index (χ2n) is 5.16. The molecule has 0 aliphatic heterocycles. The number of halogens is 2. The van der Waals surface area contributed by atoms with Crippen LogP contribution < -0.4 is 10.1 Å². The molecule has 1 aromatic carbocycles. The number of carbonyl (C=O) groups is 1. The molecule has 22 heavy (non-hydrogen) atoms. The van der Waals surface area contributed by atoms with Crippen molar-refractivity contribution in [2.45, 2.75) is 26.4 Å². The third-order valence-corrected chi connectivity index (χ3v) is 2.83. The number of amides is 1. The molecule has 5 nitrogen and oxygen atoms in total. The first-order chi connectivity index (χ1) is 10.3. The largest absolute Gasteiger partial charge is 0.475 e. The second kappa shape index (κ2) is 6.05. The molecule has 0 atom stereocenters. The summed E-state index contributed by atoms with van der Waals surface area (Å²) in [5, 5.41) is 2.49. The van der Waals surface area contributed by atoms with Crippen LogP contribution in [-0.4, -0.2) is 21.5 Å². The highest BCUT2D eigenvalue weighted by Gasteiger charge is 2.31. The lowest BCUT2D eigenvalue weighted by Gasteiger charge is -2.25. The summed E-state index contributed by atoms with van der Waals surface area (Å²) in [6.07, 6.45) is 1.51. The Hall–Kier alpha value is -2.57. The van der Waals surface area contributed by atoms with Gasteiger partial charge in [0.2, 0.25) is 5.95 Å². The Balaban J connectivity index is 2.13. The Morgan fingerprint density at radius 1 is 1.27 bits per heavy atom. The molecule has 1 amide bonds. The lowest BCUT2D eigenvalue weighted by atomic mass is 10.1. The summed E-state index contributed by atoms with van der Waals surface area (Å²) < 4.78 is 31.8. The monoisotopic (exact) mass is 307 g/mol. The fourth-order valence-electron chi connectivity index (χ4n) is 1.64. The van der Waals surface area contributed by atoms with E-state index in [-0.39, 0.29) is 11.7 Å². The smallest absolute Gasteiger partial charge is 0.270 e. The summed E-state index contributed by atoms with van der Waals surface area (Å²) in [6, 6.07) is 4.55. The molecule has 1 aromatic heterocycles. The van der Waals surface area contributed by atoms with Crippen LogP contribution in [0.5, 0.6) is 5.75 Å².